The lowest BCUT2D eigenvalue weighted by Crippen LogP contribution is -2.33. The Morgan fingerprint density at radius 3 is 2.07 bits per heavy atom. The summed E-state index contributed by atoms with van der Waals surface area (Å²) in [5.41, 5.74) is 2.60. The zero-order valence-corrected chi connectivity index (χ0v) is 15.9. The van der Waals surface area contributed by atoms with Crippen molar-refractivity contribution in [3.05, 3.63) is 52.6 Å². The number of nitrogens with one attached hydrogen (secondary N) is 1. The molecule has 2 aromatic carbocycles. The predicted octanol–water partition coefficient (Wildman–Crippen LogP) is 4.96. The van der Waals surface area contributed by atoms with E-state index in [0.29, 0.717) is 11.1 Å². The molecule has 0 bridgehead atoms. The summed E-state index contributed by atoms with van der Waals surface area (Å²) in [5.74, 6) is -0.589. The van der Waals surface area contributed by atoms with E-state index in [2.05, 4.69) is 9.46 Å². The van der Waals surface area contributed by atoms with Gasteiger partial charge >= 0.3 is 12.5 Å². The maximum Gasteiger partial charge on any atom is 0.461 e. The monoisotopic (exact) mass is 405 g/mol. The van der Waals surface area contributed by atoms with Crippen LogP contribution in [0.2, 0.25) is 0 Å². The summed E-state index contributed by atoms with van der Waals surface area (Å²) in [5, 5.41) is 0. The van der Waals surface area contributed by atoms with Gasteiger partial charge in [-0.3, -0.25) is 4.72 Å². The molecule has 148 valence electrons. The van der Waals surface area contributed by atoms with E-state index in [1.807, 2.05) is 6.07 Å². The van der Waals surface area contributed by atoms with Gasteiger partial charge in [-0.05, 0) is 62.1 Å². The molecule has 0 radical (unpaired) electrons. The number of benzene rings is 2. The summed E-state index contributed by atoms with van der Waals surface area (Å²) in [6.07, 6.45) is -8.70. The zero-order chi connectivity index (χ0) is 20.6. The van der Waals surface area contributed by atoms with E-state index >= 15 is 0 Å². The summed E-state index contributed by atoms with van der Waals surface area (Å²) in [4.78, 5) is 0.0873. The Bertz CT molecular complexity index is 933. The van der Waals surface area contributed by atoms with Crippen molar-refractivity contribution in [2.75, 3.05) is 4.72 Å². The minimum Gasteiger partial charge on any atom is -0.428 e. The highest BCUT2D eigenvalue weighted by molar-refractivity contribution is 7.92. The fourth-order valence-corrected chi connectivity index (χ4v) is 4.28. The lowest BCUT2D eigenvalue weighted by molar-refractivity contribution is -0.253. The third-order valence-electron chi connectivity index (χ3n) is 4.16. The van der Waals surface area contributed by atoms with Crippen molar-refractivity contribution in [3.63, 3.8) is 0 Å². The molecule has 4 nitrogen and oxygen atoms in total. The van der Waals surface area contributed by atoms with Gasteiger partial charge in [0.2, 0.25) is 0 Å². The molecule has 0 heterocycles. The summed E-state index contributed by atoms with van der Waals surface area (Å²) in [6.45, 7) is 6.89. The SMILES string of the molecule is Cc1cc(C)c(C)c(S(=O)(=O)Nc2cccc(OC(F)(F)C(F)F)c2)c1C. The topological polar surface area (TPSA) is 55.4 Å². The van der Waals surface area contributed by atoms with Crippen LogP contribution in [-0.2, 0) is 10.0 Å². The van der Waals surface area contributed by atoms with Crippen LogP contribution in [0, 0.1) is 27.7 Å². The van der Waals surface area contributed by atoms with E-state index in [0.717, 1.165) is 23.3 Å². The molecule has 0 spiro atoms. The quantitative estimate of drug-likeness (QED) is 0.692. The minimum absolute atomic E-state index is 0.0873. The van der Waals surface area contributed by atoms with Crippen LogP contribution in [0.15, 0.2) is 35.2 Å². The first kappa shape index (κ1) is 21.0. The highest BCUT2D eigenvalue weighted by Crippen LogP contribution is 2.31. The Kier molecular flexibility index (Phi) is 5.74. The van der Waals surface area contributed by atoms with Crippen LogP contribution in [0.1, 0.15) is 22.3 Å². The van der Waals surface area contributed by atoms with Crippen molar-refractivity contribution in [2.45, 2.75) is 45.1 Å². The number of anilines is 1. The minimum atomic E-state index is -4.68. The maximum absolute atomic E-state index is 13.1. The molecule has 27 heavy (non-hydrogen) atoms. The van der Waals surface area contributed by atoms with E-state index in [-0.39, 0.29) is 10.6 Å². The molecule has 0 fully saturated rings. The van der Waals surface area contributed by atoms with Gasteiger partial charge in [-0.15, -0.1) is 0 Å². The second kappa shape index (κ2) is 7.38. The standard InChI is InChI=1S/C18H19F4NO3S/c1-10-8-11(2)13(4)16(12(10)3)27(24,25)23-14-6-5-7-15(9-14)26-18(21,22)17(19)20/h5-9,17,23H,1-4H3. The molecule has 0 saturated carbocycles. The lowest BCUT2D eigenvalue weighted by atomic mass is 10.0. The van der Waals surface area contributed by atoms with Crippen LogP contribution in [0.4, 0.5) is 23.2 Å². The summed E-state index contributed by atoms with van der Waals surface area (Å²) in [6, 6.07) is 6.33. The van der Waals surface area contributed by atoms with Gasteiger partial charge in [-0.25, -0.2) is 8.42 Å². The van der Waals surface area contributed by atoms with Crippen LogP contribution in [0.3, 0.4) is 0 Å². The van der Waals surface area contributed by atoms with E-state index < -0.39 is 28.3 Å². The molecule has 0 atom stereocenters. The van der Waals surface area contributed by atoms with Gasteiger partial charge in [-0.1, -0.05) is 12.1 Å². The van der Waals surface area contributed by atoms with Crippen LogP contribution in [-0.4, -0.2) is 21.0 Å². The van der Waals surface area contributed by atoms with Crippen molar-refractivity contribution >= 4 is 15.7 Å². The van der Waals surface area contributed by atoms with Crippen LogP contribution in [0.25, 0.3) is 0 Å². The van der Waals surface area contributed by atoms with Gasteiger partial charge in [-0.2, -0.15) is 17.6 Å². The first-order valence-corrected chi connectivity index (χ1v) is 9.38. The summed E-state index contributed by atoms with van der Waals surface area (Å²) < 4.78 is 82.6. The fourth-order valence-electron chi connectivity index (χ4n) is 2.61. The number of aryl methyl sites for hydroxylation is 2. The van der Waals surface area contributed by atoms with Crippen molar-refractivity contribution < 1.29 is 30.7 Å². The van der Waals surface area contributed by atoms with E-state index in [1.165, 1.54) is 12.1 Å². The van der Waals surface area contributed by atoms with Crippen molar-refractivity contribution in [3.8, 4) is 5.75 Å². The van der Waals surface area contributed by atoms with Crippen molar-refractivity contribution in [2.24, 2.45) is 0 Å². The molecule has 1 N–H and O–H groups in total. The van der Waals surface area contributed by atoms with Crippen molar-refractivity contribution in [1.82, 2.24) is 0 Å². The first-order valence-electron chi connectivity index (χ1n) is 7.90. The molecule has 9 heteroatoms. The molecular formula is C18H19F4NO3S. The van der Waals surface area contributed by atoms with Gasteiger partial charge in [0.15, 0.2) is 0 Å². The molecule has 0 amide bonds. The molecule has 0 aliphatic carbocycles. The average Bonchev–Trinajstić information content (AvgIpc) is 2.52. The number of ether oxygens (including phenoxy) is 1. The van der Waals surface area contributed by atoms with Gasteiger partial charge in [0.05, 0.1) is 10.6 Å². The Labute approximate surface area is 155 Å². The third-order valence-corrected chi connectivity index (χ3v) is 5.81. The van der Waals surface area contributed by atoms with Gasteiger partial charge in [0, 0.05) is 6.07 Å². The second-order valence-corrected chi connectivity index (χ2v) is 7.81. The maximum atomic E-state index is 13.1. The predicted molar refractivity (Wildman–Crippen MR) is 94.2 cm³/mol. The molecular weight excluding hydrogens is 386 g/mol. The second-order valence-electron chi connectivity index (χ2n) is 6.19. The van der Waals surface area contributed by atoms with E-state index in [1.54, 1.807) is 27.7 Å². The molecule has 0 unspecified atom stereocenters. The number of hydrogen-bond donors (Lipinski definition) is 1. The molecule has 0 aliphatic rings. The van der Waals surface area contributed by atoms with Crippen LogP contribution < -0.4 is 9.46 Å². The molecule has 0 aliphatic heterocycles. The van der Waals surface area contributed by atoms with Crippen LogP contribution >= 0.6 is 0 Å². The number of rotatable bonds is 6. The summed E-state index contributed by atoms with van der Waals surface area (Å²) in [7, 11) is -4.04. The van der Waals surface area contributed by atoms with Gasteiger partial charge in [0.1, 0.15) is 5.75 Å². The average molecular weight is 405 g/mol. The molecule has 0 aromatic heterocycles. The smallest absolute Gasteiger partial charge is 0.428 e. The zero-order valence-electron chi connectivity index (χ0n) is 15.1. The van der Waals surface area contributed by atoms with Crippen LogP contribution in [0.5, 0.6) is 5.75 Å². The Hall–Kier alpha value is -2.29. The number of alkyl halides is 4. The normalized spacial score (nSPS) is 12.3. The molecule has 2 rings (SSSR count). The highest BCUT2D eigenvalue weighted by atomic mass is 32.2. The largest absolute Gasteiger partial charge is 0.461 e. The Morgan fingerprint density at radius 2 is 1.56 bits per heavy atom. The summed E-state index contributed by atoms with van der Waals surface area (Å²) >= 11 is 0. The number of hydrogen-bond acceptors (Lipinski definition) is 3. The number of sulfonamides is 1. The van der Waals surface area contributed by atoms with Gasteiger partial charge < -0.3 is 4.74 Å². The Morgan fingerprint density at radius 1 is 1.00 bits per heavy atom. The number of halogens is 4. The third kappa shape index (κ3) is 4.52. The van der Waals surface area contributed by atoms with Gasteiger partial charge in [0.25, 0.3) is 10.0 Å². The first-order chi connectivity index (χ1) is 12.3. The highest BCUT2D eigenvalue weighted by Gasteiger charge is 2.44. The van der Waals surface area contributed by atoms with E-state index in [9.17, 15) is 26.0 Å². The Balaban J connectivity index is 2.39. The van der Waals surface area contributed by atoms with E-state index in [4.69, 9.17) is 0 Å². The molecule has 2 aromatic rings. The fraction of sp³-hybridized carbons (Fsp3) is 0.333. The molecule has 0 saturated heterocycles. The van der Waals surface area contributed by atoms with Crippen molar-refractivity contribution in [1.29, 1.82) is 0 Å². The lowest BCUT2D eigenvalue weighted by Gasteiger charge is -2.18.